The quantitative estimate of drug-likeness (QED) is 0.805. The van der Waals surface area contributed by atoms with E-state index in [2.05, 4.69) is 0 Å². The van der Waals surface area contributed by atoms with Crippen LogP contribution in [0.3, 0.4) is 0 Å². The van der Waals surface area contributed by atoms with Gasteiger partial charge in [-0.2, -0.15) is 5.26 Å². The molecule has 1 rings (SSSR count). The second-order valence-corrected chi connectivity index (χ2v) is 3.97. The average molecular weight is 232 g/mol. The zero-order valence-electron chi connectivity index (χ0n) is 10.4. The number of nitriles is 1. The second-order valence-electron chi connectivity index (χ2n) is 3.97. The maximum Gasteiger partial charge on any atom is 0.415 e. The summed E-state index contributed by atoms with van der Waals surface area (Å²) in [6.45, 7) is 4.25. The number of amides is 1. The molecule has 0 aromatic heterocycles. The fourth-order valence-corrected chi connectivity index (χ4v) is 1.39. The van der Waals surface area contributed by atoms with Crippen LogP contribution in [0.4, 0.5) is 4.79 Å². The largest absolute Gasteiger partial charge is 0.415 e. The number of carbonyl (C=O) groups excluding carboxylic acids is 1. The van der Waals surface area contributed by atoms with Gasteiger partial charge in [0, 0.05) is 13.6 Å². The molecule has 0 aliphatic carbocycles. The van der Waals surface area contributed by atoms with Crippen molar-refractivity contribution in [3.05, 3.63) is 29.3 Å². The number of benzene rings is 1. The first-order valence-electron chi connectivity index (χ1n) is 5.41. The predicted molar refractivity (Wildman–Crippen MR) is 64.8 cm³/mol. The molecule has 0 aliphatic heterocycles. The van der Waals surface area contributed by atoms with Crippen molar-refractivity contribution in [2.75, 3.05) is 13.6 Å². The third-order valence-corrected chi connectivity index (χ3v) is 2.40. The van der Waals surface area contributed by atoms with Gasteiger partial charge in [-0.05, 0) is 25.5 Å². The minimum atomic E-state index is -0.438. The number of carbonyl (C=O) groups is 1. The van der Waals surface area contributed by atoms with Crippen molar-refractivity contribution < 1.29 is 9.53 Å². The first-order valence-corrected chi connectivity index (χ1v) is 5.41. The van der Waals surface area contributed by atoms with Gasteiger partial charge < -0.3 is 9.64 Å². The Morgan fingerprint density at radius 1 is 1.47 bits per heavy atom. The molecule has 0 aliphatic rings. The Morgan fingerprint density at radius 3 is 2.76 bits per heavy atom. The van der Waals surface area contributed by atoms with Gasteiger partial charge in [0.2, 0.25) is 0 Å². The highest BCUT2D eigenvalue weighted by molar-refractivity contribution is 5.70. The van der Waals surface area contributed by atoms with Gasteiger partial charge in [-0.3, -0.25) is 0 Å². The van der Waals surface area contributed by atoms with Gasteiger partial charge in [0.25, 0.3) is 0 Å². The normalized spacial score (nSPS) is 9.53. The zero-order chi connectivity index (χ0) is 12.8. The van der Waals surface area contributed by atoms with Crippen LogP contribution in [-0.4, -0.2) is 24.6 Å². The molecule has 4 nitrogen and oxygen atoms in total. The molecule has 1 aromatic rings. The SMILES string of the molecule is Cc1ccc(OC(=O)N(C)CCC#N)c(C)c1. The minimum Gasteiger partial charge on any atom is -0.410 e. The van der Waals surface area contributed by atoms with E-state index in [4.69, 9.17) is 10.00 Å². The topological polar surface area (TPSA) is 53.3 Å². The van der Waals surface area contributed by atoms with Gasteiger partial charge in [0.05, 0.1) is 12.5 Å². The molecule has 0 atom stereocenters. The number of aryl methyl sites for hydroxylation is 2. The Kier molecular flexibility index (Phi) is 4.53. The van der Waals surface area contributed by atoms with Crippen molar-refractivity contribution in [1.29, 1.82) is 5.26 Å². The molecule has 1 amide bonds. The molecular formula is C13H16N2O2. The summed E-state index contributed by atoms with van der Waals surface area (Å²) in [5.74, 6) is 0.560. The van der Waals surface area contributed by atoms with Crippen molar-refractivity contribution in [2.45, 2.75) is 20.3 Å². The van der Waals surface area contributed by atoms with Gasteiger partial charge in [-0.25, -0.2) is 4.79 Å². The number of hydrogen-bond donors (Lipinski definition) is 0. The summed E-state index contributed by atoms with van der Waals surface area (Å²) < 4.78 is 5.24. The van der Waals surface area contributed by atoms with E-state index >= 15 is 0 Å². The fraction of sp³-hybridized carbons (Fsp3) is 0.385. The lowest BCUT2D eigenvalue weighted by Crippen LogP contribution is -2.30. The van der Waals surface area contributed by atoms with E-state index in [-0.39, 0.29) is 0 Å². The van der Waals surface area contributed by atoms with Crippen molar-refractivity contribution >= 4 is 6.09 Å². The van der Waals surface area contributed by atoms with E-state index in [1.807, 2.05) is 32.0 Å². The molecule has 1 aromatic carbocycles. The molecule has 0 unspecified atom stereocenters. The first-order chi connectivity index (χ1) is 8.04. The fourth-order valence-electron chi connectivity index (χ4n) is 1.39. The Hall–Kier alpha value is -2.02. The lowest BCUT2D eigenvalue weighted by atomic mass is 10.1. The Bertz CT molecular complexity index is 449. The van der Waals surface area contributed by atoms with Gasteiger partial charge in [-0.15, -0.1) is 0 Å². The van der Waals surface area contributed by atoms with Crippen LogP contribution in [0, 0.1) is 25.2 Å². The Morgan fingerprint density at radius 2 is 2.18 bits per heavy atom. The molecule has 0 bridgehead atoms. The van der Waals surface area contributed by atoms with Crippen LogP contribution in [0.15, 0.2) is 18.2 Å². The van der Waals surface area contributed by atoms with Crippen molar-refractivity contribution in [2.24, 2.45) is 0 Å². The summed E-state index contributed by atoms with van der Waals surface area (Å²) in [6, 6.07) is 7.62. The highest BCUT2D eigenvalue weighted by Gasteiger charge is 2.11. The number of hydrogen-bond acceptors (Lipinski definition) is 3. The predicted octanol–water partition coefficient (Wildman–Crippen LogP) is 2.65. The summed E-state index contributed by atoms with van der Waals surface area (Å²) in [6.07, 6.45) is -0.134. The molecule has 17 heavy (non-hydrogen) atoms. The summed E-state index contributed by atoms with van der Waals surface area (Å²) in [5.41, 5.74) is 2.05. The third kappa shape index (κ3) is 3.80. The van der Waals surface area contributed by atoms with E-state index in [1.165, 1.54) is 4.90 Å². The zero-order valence-corrected chi connectivity index (χ0v) is 10.4. The van der Waals surface area contributed by atoms with Crippen LogP contribution in [-0.2, 0) is 0 Å². The van der Waals surface area contributed by atoms with Gasteiger partial charge >= 0.3 is 6.09 Å². The molecule has 4 heteroatoms. The summed E-state index contributed by atoms with van der Waals surface area (Å²) in [4.78, 5) is 13.0. The average Bonchev–Trinajstić information content (AvgIpc) is 2.29. The smallest absolute Gasteiger partial charge is 0.410 e. The monoisotopic (exact) mass is 232 g/mol. The molecule has 0 N–H and O–H groups in total. The van der Waals surface area contributed by atoms with Gasteiger partial charge in [0.15, 0.2) is 0 Å². The van der Waals surface area contributed by atoms with Crippen molar-refractivity contribution in [1.82, 2.24) is 4.90 Å². The lowest BCUT2D eigenvalue weighted by molar-refractivity contribution is 0.163. The van der Waals surface area contributed by atoms with E-state index in [9.17, 15) is 4.79 Å². The number of ether oxygens (including phenoxy) is 1. The summed E-state index contributed by atoms with van der Waals surface area (Å²) in [7, 11) is 1.61. The van der Waals surface area contributed by atoms with Crippen molar-refractivity contribution in [3.8, 4) is 11.8 Å². The van der Waals surface area contributed by atoms with E-state index < -0.39 is 6.09 Å². The minimum absolute atomic E-state index is 0.304. The molecule has 0 radical (unpaired) electrons. The molecule has 0 saturated heterocycles. The maximum atomic E-state index is 11.6. The molecule has 90 valence electrons. The molecule has 0 fully saturated rings. The van der Waals surface area contributed by atoms with Crippen LogP contribution in [0.5, 0.6) is 5.75 Å². The third-order valence-electron chi connectivity index (χ3n) is 2.40. The van der Waals surface area contributed by atoms with E-state index in [0.717, 1.165) is 11.1 Å². The van der Waals surface area contributed by atoms with Crippen LogP contribution in [0.25, 0.3) is 0 Å². The molecular weight excluding hydrogens is 216 g/mol. The highest BCUT2D eigenvalue weighted by atomic mass is 16.6. The molecule has 0 saturated carbocycles. The Labute approximate surface area is 101 Å². The maximum absolute atomic E-state index is 11.6. The first kappa shape index (κ1) is 13.0. The van der Waals surface area contributed by atoms with Gasteiger partial charge in [-0.1, -0.05) is 17.7 Å². The van der Waals surface area contributed by atoms with Crippen LogP contribution in [0.2, 0.25) is 0 Å². The van der Waals surface area contributed by atoms with Crippen LogP contribution < -0.4 is 4.74 Å². The number of rotatable bonds is 3. The summed E-state index contributed by atoms with van der Waals surface area (Å²) >= 11 is 0. The lowest BCUT2D eigenvalue weighted by Gasteiger charge is -2.16. The van der Waals surface area contributed by atoms with Crippen LogP contribution >= 0.6 is 0 Å². The Balaban J connectivity index is 2.65. The van der Waals surface area contributed by atoms with E-state index in [1.54, 1.807) is 13.1 Å². The standard InChI is InChI=1S/C13H16N2O2/c1-10-5-6-12(11(2)9-10)17-13(16)15(3)8-4-7-14/h5-6,9H,4,8H2,1-3H3. The molecule has 0 heterocycles. The summed E-state index contributed by atoms with van der Waals surface area (Å²) in [5, 5.41) is 8.43. The van der Waals surface area contributed by atoms with E-state index in [0.29, 0.717) is 18.7 Å². The molecule has 0 spiro atoms. The highest BCUT2D eigenvalue weighted by Crippen LogP contribution is 2.19. The van der Waals surface area contributed by atoms with Gasteiger partial charge in [0.1, 0.15) is 5.75 Å². The van der Waals surface area contributed by atoms with Crippen molar-refractivity contribution in [3.63, 3.8) is 0 Å². The second kappa shape index (κ2) is 5.90. The number of nitrogens with zero attached hydrogens (tertiary/aromatic N) is 2. The van der Waals surface area contributed by atoms with Crippen LogP contribution in [0.1, 0.15) is 17.5 Å².